The van der Waals surface area contributed by atoms with Crippen LogP contribution in [0.3, 0.4) is 0 Å². The van der Waals surface area contributed by atoms with Gasteiger partial charge in [-0.05, 0) is 6.07 Å². The molecule has 0 atom stereocenters. The van der Waals surface area contributed by atoms with Crippen molar-refractivity contribution in [3.63, 3.8) is 0 Å². The summed E-state index contributed by atoms with van der Waals surface area (Å²) in [4.78, 5) is 3.78. The van der Waals surface area contributed by atoms with E-state index < -0.39 is 0 Å². The molecule has 5 heteroatoms. The smallest absolute Gasteiger partial charge is 0.241 e. The van der Waals surface area contributed by atoms with E-state index in [9.17, 15) is 0 Å². The molecule has 127 valence electrons. The van der Waals surface area contributed by atoms with Crippen molar-refractivity contribution in [2.24, 2.45) is 7.05 Å². The van der Waals surface area contributed by atoms with Gasteiger partial charge in [0.25, 0.3) is 0 Å². The zero-order chi connectivity index (χ0) is 17.0. The number of rotatable bonds is 1. The zero-order valence-electron chi connectivity index (χ0n) is 13.8. The average molecular weight is 515 g/mol. The fourth-order valence-corrected chi connectivity index (χ4v) is 3.38. The van der Waals surface area contributed by atoms with E-state index in [0.717, 1.165) is 33.1 Å². The molecular weight excluding hydrogens is 502 g/mol. The predicted octanol–water partition coefficient (Wildman–Crippen LogP) is 4.50. The van der Waals surface area contributed by atoms with Crippen LogP contribution < -0.4 is 4.57 Å². The molecule has 0 aliphatic rings. The van der Waals surface area contributed by atoms with Crippen LogP contribution in [0.15, 0.2) is 59.0 Å². The first-order chi connectivity index (χ1) is 12.3. The number of furan rings is 1. The van der Waals surface area contributed by atoms with Crippen LogP contribution in [0, 0.1) is 19.0 Å². The number of aromatic nitrogens is 2. The van der Waals surface area contributed by atoms with Crippen molar-refractivity contribution >= 4 is 38.7 Å². The van der Waals surface area contributed by atoms with E-state index in [4.69, 9.17) is 11.0 Å². The Labute approximate surface area is 163 Å². The first-order valence-corrected chi connectivity index (χ1v) is 7.90. The van der Waals surface area contributed by atoms with Crippen LogP contribution in [-0.4, -0.2) is 4.57 Å². The fraction of sp³-hybridized carbons (Fsp3) is 0.0476. The van der Waals surface area contributed by atoms with Gasteiger partial charge in [-0.15, -0.1) is 0 Å². The van der Waals surface area contributed by atoms with E-state index >= 15 is 0 Å². The molecule has 0 aliphatic carbocycles. The number of benzene rings is 3. The molecule has 0 amide bonds. The third kappa shape index (κ3) is 2.20. The first-order valence-electron chi connectivity index (χ1n) is 7.90. The van der Waals surface area contributed by atoms with Crippen molar-refractivity contribution in [1.82, 2.24) is 4.57 Å². The second-order valence-corrected chi connectivity index (χ2v) is 5.92. The summed E-state index contributed by atoms with van der Waals surface area (Å²) in [6.45, 7) is 7.71. The molecule has 2 heterocycles. The molecule has 1 radical (unpaired) electrons. The fourth-order valence-electron chi connectivity index (χ4n) is 3.38. The molecule has 3 aromatic carbocycles. The summed E-state index contributed by atoms with van der Waals surface area (Å²) in [5.41, 5.74) is 4.53. The van der Waals surface area contributed by atoms with Gasteiger partial charge in [0.15, 0.2) is 0 Å². The number of aryl methyl sites for hydroxylation is 1. The number of hydrogen-bond acceptors (Lipinski definition) is 1. The Balaban J connectivity index is 0.00000168. The normalized spacial score (nSPS) is 10.9. The van der Waals surface area contributed by atoms with E-state index in [1.807, 2.05) is 64.7 Å². The molecule has 0 saturated carbocycles. The van der Waals surface area contributed by atoms with Gasteiger partial charge in [0, 0.05) is 36.4 Å². The van der Waals surface area contributed by atoms with E-state index in [0.29, 0.717) is 11.3 Å². The van der Waals surface area contributed by atoms with Crippen LogP contribution in [0.2, 0.25) is 0 Å². The molecule has 0 spiro atoms. The molecule has 4 nitrogen and oxygen atoms in total. The number of nitrogens with zero attached hydrogens (tertiary/aromatic N) is 3. The summed E-state index contributed by atoms with van der Waals surface area (Å²) >= 11 is 0. The second-order valence-electron chi connectivity index (χ2n) is 5.92. The third-order valence-corrected chi connectivity index (χ3v) is 4.47. The van der Waals surface area contributed by atoms with E-state index in [1.165, 1.54) is 0 Å². The van der Waals surface area contributed by atoms with Crippen molar-refractivity contribution < 1.29 is 29.1 Å². The second kappa shape index (κ2) is 6.10. The Kier molecular flexibility index (Phi) is 3.88. The van der Waals surface area contributed by atoms with Crippen molar-refractivity contribution in [2.75, 3.05) is 0 Å². The summed E-state index contributed by atoms with van der Waals surface area (Å²) in [6, 6.07) is 20.9. The van der Waals surface area contributed by atoms with E-state index in [-0.39, 0.29) is 20.1 Å². The van der Waals surface area contributed by atoms with Gasteiger partial charge < -0.3 is 13.6 Å². The number of para-hydroxylation sites is 2. The standard InChI is InChI=1S/C21H12N3O.Ir/c1-22-19-20-17(24(13-23(20)2)14-8-4-3-5-9-14)12-16-15-10-6-7-11-18(15)25-21(16)19;/h3-8,10-12H,2H3;/q-1;. The van der Waals surface area contributed by atoms with Crippen LogP contribution in [0.4, 0.5) is 5.69 Å². The Morgan fingerprint density at radius 1 is 1.12 bits per heavy atom. The van der Waals surface area contributed by atoms with Gasteiger partial charge in [-0.25, -0.2) is 4.85 Å². The summed E-state index contributed by atoms with van der Waals surface area (Å²) in [6.07, 6.45) is 3.27. The summed E-state index contributed by atoms with van der Waals surface area (Å²) < 4.78 is 9.77. The first kappa shape index (κ1) is 16.5. The van der Waals surface area contributed by atoms with Gasteiger partial charge in [0.2, 0.25) is 12.0 Å². The Morgan fingerprint density at radius 2 is 1.92 bits per heavy atom. The Morgan fingerprint density at radius 3 is 2.69 bits per heavy atom. The Bertz CT molecular complexity index is 1310. The molecule has 0 N–H and O–H groups in total. The third-order valence-electron chi connectivity index (χ3n) is 4.47. The van der Waals surface area contributed by atoms with Crippen molar-refractivity contribution in [3.8, 4) is 5.69 Å². The number of imidazole rings is 1. The Hall–Kier alpha value is -2.93. The van der Waals surface area contributed by atoms with Gasteiger partial charge in [0.05, 0.1) is 19.1 Å². The minimum absolute atomic E-state index is 0. The molecular formula is C21H12IrN3O-. The molecule has 5 rings (SSSR count). The molecule has 2 aromatic heterocycles. The zero-order valence-corrected chi connectivity index (χ0v) is 16.2. The molecule has 0 aliphatic heterocycles. The van der Waals surface area contributed by atoms with Gasteiger partial charge in [-0.3, -0.25) is 0 Å². The van der Waals surface area contributed by atoms with Gasteiger partial charge in [-0.2, -0.15) is 30.3 Å². The summed E-state index contributed by atoms with van der Waals surface area (Å²) in [5, 5.41) is 1.95. The monoisotopic (exact) mass is 515 g/mol. The van der Waals surface area contributed by atoms with Crippen LogP contribution in [0.1, 0.15) is 0 Å². The van der Waals surface area contributed by atoms with Gasteiger partial charge in [0.1, 0.15) is 11.2 Å². The SMILES string of the molecule is [C-]#[N+]c1c2oc3ccccc3c2cc2c1[n+](C)[c-]n2-c1[c-]cccc1.[Ir]. The summed E-state index contributed by atoms with van der Waals surface area (Å²) in [7, 11) is 1.89. The van der Waals surface area contributed by atoms with Crippen molar-refractivity contribution in [2.45, 2.75) is 0 Å². The quantitative estimate of drug-likeness (QED) is 0.239. The predicted molar refractivity (Wildman–Crippen MR) is 95.7 cm³/mol. The molecule has 5 aromatic rings. The largest absolute Gasteiger partial charge is 0.468 e. The molecule has 0 saturated heterocycles. The van der Waals surface area contributed by atoms with E-state index in [1.54, 1.807) is 0 Å². The van der Waals surface area contributed by atoms with Gasteiger partial charge >= 0.3 is 0 Å². The summed E-state index contributed by atoms with van der Waals surface area (Å²) in [5.74, 6) is 0. The van der Waals surface area contributed by atoms with E-state index in [2.05, 4.69) is 23.3 Å². The molecule has 0 bridgehead atoms. The molecule has 0 fully saturated rings. The minimum atomic E-state index is 0. The maximum absolute atomic E-state index is 7.71. The maximum atomic E-state index is 7.71. The van der Waals surface area contributed by atoms with Crippen molar-refractivity contribution in [1.29, 1.82) is 0 Å². The van der Waals surface area contributed by atoms with Gasteiger partial charge in [-0.1, -0.05) is 30.0 Å². The van der Waals surface area contributed by atoms with Crippen LogP contribution in [0.5, 0.6) is 0 Å². The molecule has 0 unspecified atom stereocenters. The number of fused-ring (bicyclic) bond motifs is 4. The molecule has 26 heavy (non-hydrogen) atoms. The topological polar surface area (TPSA) is 26.3 Å². The van der Waals surface area contributed by atoms with Crippen molar-refractivity contribution in [3.05, 3.63) is 78.4 Å². The van der Waals surface area contributed by atoms with Crippen LogP contribution in [0.25, 0.3) is 43.5 Å². The average Bonchev–Trinajstić information content (AvgIpc) is 3.19. The maximum Gasteiger partial charge on any atom is 0.241 e. The van der Waals surface area contributed by atoms with Crippen LogP contribution >= 0.6 is 0 Å². The van der Waals surface area contributed by atoms with Crippen LogP contribution in [-0.2, 0) is 27.2 Å². The number of hydrogen-bond donors (Lipinski definition) is 0. The minimum Gasteiger partial charge on any atom is -0.468 e.